The monoisotopic (exact) mass is 271 g/mol. The van der Waals surface area contributed by atoms with E-state index in [0.29, 0.717) is 16.5 Å². The van der Waals surface area contributed by atoms with Crippen LogP contribution >= 0.6 is 23.2 Å². The second kappa shape index (κ2) is 5.74. The van der Waals surface area contributed by atoms with Crippen molar-refractivity contribution < 1.29 is 4.79 Å². The number of carbonyl (C=O) groups excluding carboxylic acids is 1. The highest BCUT2D eigenvalue weighted by Gasteiger charge is 2.17. The van der Waals surface area contributed by atoms with Crippen molar-refractivity contribution in [3.05, 3.63) is 33.8 Å². The Hall–Kier alpha value is -0.730. The zero-order valence-corrected chi connectivity index (χ0v) is 11.1. The zero-order valence-electron chi connectivity index (χ0n) is 9.59. The molecule has 0 aromatic heterocycles. The molecule has 0 spiro atoms. The Kier molecular flexibility index (Phi) is 4.30. The van der Waals surface area contributed by atoms with Gasteiger partial charge in [0.05, 0.1) is 10.0 Å². The molecule has 0 N–H and O–H groups in total. The number of nitrogens with zero attached hydrogens (tertiary/aromatic N) is 1. The van der Waals surface area contributed by atoms with Gasteiger partial charge in [0.25, 0.3) is 0 Å². The van der Waals surface area contributed by atoms with Crippen LogP contribution in [0.3, 0.4) is 0 Å². The zero-order chi connectivity index (χ0) is 12.3. The van der Waals surface area contributed by atoms with Crippen molar-refractivity contribution in [1.82, 2.24) is 4.90 Å². The summed E-state index contributed by atoms with van der Waals surface area (Å²) in [4.78, 5) is 13.8. The van der Waals surface area contributed by atoms with Crippen LogP contribution in [0.5, 0.6) is 0 Å². The predicted octanol–water partition coefficient (Wildman–Crippen LogP) is 3.55. The lowest BCUT2D eigenvalue weighted by atomic mass is 10.1. The molecule has 92 valence electrons. The highest BCUT2D eigenvalue weighted by atomic mass is 35.5. The third-order valence-corrected chi connectivity index (χ3v) is 3.81. The number of carbonyl (C=O) groups is 1. The standard InChI is InChI=1S/C13H15Cl2NO/c14-11-5-3-10(9-12(11)15)4-6-13(17)16-7-1-2-8-16/h3,5,9H,1-2,4,6-8H2. The fourth-order valence-corrected chi connectivity index (χ4v) is 2.39. The molecule has 1 fully saturated rings. The van der Waals surface area contributed by atoms with Gasteiger partial charge in [-0.15, -0.1) is 0 Å². The molecule has 1 amide bonds. The van der Waals surface area contributed by atoms with Gasteiger partial charge in [0.15, 0.2) is 0 Å². The SMILES string of the molecule is O=C(CCc1ccc(Cl)c(Cl)c1)N1CCCC1. The number of benzene rings is 1. The topological polar surface area (TPSA) is 20.3 Å². The van der Waals surface area contributed by atoms with E-state index in [1.807, 2.05) is 17.0 Å². The molecule has 0 radical (unpaired) electrons. The van der Waals surface area contributed by atoms with Crippen LogP contribution in [0, 0.1) is 0 Å². The summed E-state index contributed by atoms with van der Waals surface area (Å²) in [6.07, 6.45) is 3.56. The van der Waals surface area contributed by atoms with Crippen molar-refractivity contribution in [2.24, 2.45) is 0 Å². The van der Waals surface area contributed by atoms with Crippen LogP contribution in [0.4, 0.5) is 0 Å². The minimum absolute atomic E-state index is 0.244. The second-order valence-electron chi connectivity index (χ2n) is 4.34. The average molecular weight is 272 g/mol. The molecular weight excluding hydrogens is 257 g/mol. The van der Waals surface area contributed by atoms with Crippen LogP contribution in [-0.4, -0.2) is 23.9 Å². The lowest BCUT2D eigenvalue weighted by Gasteiger charge is -2.14. The second-order valence-corrected chi connectivity index (χ2v) is 5.15. The molecule has 1 heterocycles. The maximum atomic E-state index is 11.8. The Morgan fingerprint density at radius 2 is 1.88 bits per heavy atom. The van der Waals surface area contributed by atoms with Gasteiger partial charge >= 0.3 is 0 Å². The summed E-state index contributed by atoms with van der Waals surface area (Å²) < 4.78 is 0. The molecule has 2 nitrogen and oxygen atoms in total. The largest absolute Gasteiger partial charge is 0.343 e. The van der Waals surface area contributed by atoms with Gasteiger partial charge in [-0.05, 0) is 37.0 Å². The van der Waals surface area contributed by atoms with Crippen molar-refractivity contribution in [3.63, 3.8) is 0 Å². The molecular formula is C13H15Cl2NO. The van der Waals surface area contributed by atoms with E-state index in [0.717, 1.165) is 37.9 Å². The van der Waals surface area contributed by atoms with Crippen molar-refractivity contribution >= 4 is 29.1 Å². The molecule has 0 aliphatic carbocycles. The van der Waals surface area contributed by atoms with E-state index in [2.05, 4.69) is 0 Å². The van der Waals surface area contributed by atoms with E-state index in [1.54, 1.807) is 6.07 Å². The Labute approximate surface area is 112 Å². The fourth-order valence-electron chi connectivity index (χ4n) is 2.07. The Bertz CT molecular complexity index is 414. The fraction of sp³-hybridized carbons (Fsp3) is 0.462. The number of hydrogen-bond acceptors (Lipinski definition) is 1. The molecule has 1 aromatic carbocycles. The smallest absolute Gasteiger partial charge is 0.222 e. The quantitative estimate of drug-likeness (QED) is 0.824. The van der Waals surface area contributed by atoms with E-state index < -0.39 is 0 Å². The van der Waals surface area contributed by atoms with E-state index in [9.17, 15) is 4.79 Å². The minimum atomic E-state index is 0.244. The summed E-state index contributed by atoms with van der Waals surface area (Å²) in [7, 11) is 0. The summed E-state index contributed by atoms with van der Waals surface area (Å²) >= 11 is 11.8. The van der Waals surface area contributed by atoms with Gasteiger partial charge in [0.1, 0.15) is 0 Å². The lowest BCUT2D eigenvalue weighted by Crippen LogP contribution is -2.27. The van der Waals surface area contributed by atoms with Gasteiger partial charge in [-0.3, -0.25) is 4.79 Å². The first-order valence-electron chi connectivity index (χ1n) is 5.88. The molecule has 0 atom stereocenters. The van der Waals surface area contributed by atoms with Crippen molar-refractivity contribution in [3.8, 4) is 0 Å². The first kappa shape index (κ1) is 12.7. The molecule has 17 heavy (non-hydrogen) atoms. The normalized spacial score (nSPS) is 15.3. The number of halogens is 2. The van der Waals surface area contributed by atoms with E-state index in [-0.39, 0.29) is 5.91 Å². The van der Waals surface area contributed by atoms with E-state index in [1.165, 1.54) is 0 Å². The van der Waals surface area contributed by atoms with Gasteiger partial charge in [-0.1, -0.05) is 29.3 Å². The van der Waals surface area contributed by atoms with Crippen LogP contribution in [0.2, 0.25) is 10.0 Å². The maximum Gasteiger partial charge on any atom is 0.222 e. The van der Waals surface area contributed by atoms with Gasteiger partial charge in [-0.25, -0.2) is 0 Å². The third-order valence-electron chi connectivity index (χ3n) is 3.07. The van der Waals surface area contributed by atoms with Gasteiger partial charge < -0.3 is 4.90 Å². The van der Waals surface area contributed by atoms with Crippen molar-refractivity contribution in [1.29, 1.82) is 0 Å². The highest BCUT2D eigenvalue weighted by molar-refractivity contribution is 6.42. The van der Waals surface area contributed by atoms with Gasteiger partial charge in [-0.2, -0.15) is 0 Å². The van der Waals surface area contributed by atoms with Crippen LogP contribution in [-0.2, 0) is 11.2 Å². The first-order chi connectivity index (χ1) is 8.16. The molecule has 1 aliphatic rings. The number of aryl methyl sites for hydroxylation is 1. The summed E-state index contributed by atoms with van der Waals surface area (Å²) in [6.45, 7) is 1.83. The summed E-state index contributed by atoms with van der Waals surface area (Å²) in [5.41, 5.74) is 1.06. The van der Waals surface area contributed by atoms with Crippen LogP contribution < -0.4 is 0 Å². The number of amides is 1. The third kappa shape index (κ3) is 3.36. The molecule has 1 aromatic rings. The average Bonchev–Trinajstić information content (AvgIpc) is 2.84. The molecule has 0 unspecified atom stereocenters. The van der Waals surface area contributed by atoms with E-state index >= 15 is 0 Å². The summed E-state index contributed by atoms with van der Waals surface area (Å²) in [6, 6.07) is 5.53. The van der Waals surface area contributed by atoms with Crippen molar-refractivity contribution in [2.45, 2.75) is 25.7 Å². The summed E-state index contributed by atoms with van der Waals surface area (Å²) in [5, 5.41) is 1.11. The van der Waals surface area contributed by atoms with Crippen molar-refractivity contribution in [2.75, 3.05) is 13.1 Å². The highest BCUT2D eigenvalue weighted by Crippen LogP contribution is 2.23. The Morgan fingerprint density at radius 1 is 1.18 bits per heavy atom. The predicted molar refractivity (Wildman–Crippen MR) is 70.6 cm³/mol. The molecule has 0 bridgehead atoms. The summed E-state index contributed by atoms with van der Waals surface area (Å²) in [5.74, 6) is 0.244. The molecule has 1 saturated heterocycles. The van der Waals surface area contributed by atoms with Crippen LogP contribution in [0.15, 0.2) is 18.2 Å². The van der Waals surface area contributed by atoms with Gasteiger partial charge in [0, 0.05) is 19.5 Å². The molecule has 0 saturated carbocycles. The lowest BCUT2D eigenvalue weighted by molar-refractivity contribution is -0.130. The maximum absolute atomic E-state index is 11.8. The number of hydrogen-bond donors (Lipinski definition) is 0. The molecule has 2 rings (SSSR count). The van der Waals surface area contributed by atoms with Gasteiger partial charge in [0.2, 0.25) is 5.91 Å². The molecule has 4 heteroatoms. The van der Waals surface area contributed by atoms with Crippen LogP contribution in [0.25, 0.3) is 0 Å². The Morgan fingerprint density at radius 3 is 2.53 bits per heavy atom. The van der Waals surface area contributed by atoms with E-state index in [4.69, 9.17) is 23.2 Å². The van der Waals surface area contributed by atoms with Crippen LogP contribution in [0.1, 0.15) is 24.8 Å². The minimum Gasteiger partial charge on any atom is -0.343 e. The Balaban J connectivity index is 1.88. The number of likely N-dealkylation sites (tertiary alicyclic amines) is 1. The number of rotatable bonds is 3. The first-order valence-corrected chi connectivity index (χ1v) is 6.64. The molecule has 1 aliphatic heterocycles.